The largest absolute Gasteiger partial charge is 0.344 e. The highest BCUT2D eigenvalue weighted by atomic mass is 14.0. The molecule has 3 N–H and O–H groups in total. The second kappa shape index (κ2) is 7.29. The molecule has 0 aliphatic heterocycles. The minimum atomic E-state index is 0. The second-order valence-corrected chi connectivity index (χ2v) is 2.57. The van der Waals surface area contributed by atoms with Gasteiger partial charge in [-0.1, -0.05) is 62.1 Å². The minimum Gasteiger partial charge on any atom is -0.344 e. The van der Waals surface area contributed by atoms with Crippen LogP contribution in [0.1, 0.15) is 25.7 Å². The van der Waals surface area contributed by atoms with Gasteiger partial charge < -0.3 is 6.15 Å². The Balaban J connectivity index is 0.000000177. The van der Waals surface area contributed by atoms with E-state index < -0.39 is 0 Å². The first-order chi connectivity index (χ1) is 5.00. The molecule has 0 spiro atoms. The van der Waals surface area contributed by atoms with Gasteiger partial charge in [-0.05, 0) is 0 Å². The SMILES string of the molecule is C1CCC1.N.c1ccccc1. The van der Waals surface area contributed by atoms with Gasteiger partial charge in [-0.25, -0.2) is 0 Å². The van der Waals surface area contributed by atoms with Crippen LogP contribution in [0.5, 0.6) is 0 Å². The van der Waals surface area contributed by atoms with Gasteiger partial charge in [-0.2, -0.15) is 0 Å². The van der Waals surface area contributed by atoms with Crippen molar-refractivity contribution in [3.05, 3.63) is 36.4 Å². The van der Waals surface area contributed by atoms with Crippen LogP contribution in [0.25, 0.3) is 0 Å². The van der Waals surface area contributed by atoms with Gasteiger partial charge in [0, 0.05) is 0 Å². The number of hydrogen-bond acceptors (Lipinski definition) is 1. The van der Waals surface area contributed by atoms with Crippen LogP contribution in [0.3, 0.4) is 0 Å². The van der Waals surface area contributed by atoms with Gasteiger partial charge >= 0.3 is 0 Å². The first-order valence-corrected chi connectivity index (χ1v) is 4.00. The molecular formula is C10H17N. The van der Waals surface area contributed by atoms with E-state index in [0.717, 1.165) is 0 Å². The Morgan fingerprint density at radius 1 is 0.455 bits per heavy atom. The van der Waals surface area contributed by atoms with E-state index in [9.17, 15) is 0 Å². The molecule has 1 aliphatic carbocycles. The van der Waals surface area contributed by atoms with Gasteiger partial charge in [0.15, 0.2) is 0 Å². The van der Waals surface area contributed by atoms with Crippen LogP contribution < -0.4 is 6.15 Å². The van der Waals surface area contributed by atoms with Crippen LogP contribution in [-0.2, 0) is 0 Å². The molecule has 1 aromatic carbocycles. The van der Waals surface area contributed by atoms with Gasteiger partial charge in [0.25, 0.3) is 0 Å². The Hall–Kier alpha value is -0.820. The summed E-state index contributed by atoms with van der Waals surface area (Å²) in [5.74, 6) is 0. The molecular weight excluding hydrogens is 134 g/mol. The topological polar surface area (TPSA) is 35.0 Å². The Morgan fingerprint density at radius 3 is 0.727 bits per heavy atom. The van der Waals surface area contributed by atoms with Crippen molar-refractivity contribution in [2.75, 3.05) is 0 Å². The van der Waals surface area contributed by atoms with Crippen LogP contribution >= 0.6 is 0 Å². The lowest BCUT2D eigenvalue weighted by molar-refractivity contribution is 0.504. The van der Waals surface area contributed by atoms with E-state index in [0.29, 0.717) is 0 Å². The van der Waals surface area contributed by atoms with Crippen molar-refractivity contribution in [2.24, 2.45) is 0 Å². The zero-order chi connectivity index (χ0) is 7.07. The van der Waals surface area contributed by atoms with Gasteiger partial charge in [-0.15, -0.1) is 0 Å². The second-order valence-electron chi connectivity index (χ2n) is 2.57. The summed E-state index contributed by atoms with van der Waals surface area (Å²) < 4.78 is 0. The lowest BCUT2D eigenvalue weighted by Crippen LogP contribution is -1.85. The number of hydrogen-bond donors (Lipinski definition) is 1. The van der Waals surface area contributed by atoms with Crippen LogP contribution in [0.4, 0.5) is 0 Å². The fraction of sp³-hybridized carbons (Fsp3) is 0.400. The summed E-state index contributed by atoms with van der Waals surface area (Å²) in [5.41, 5.74) is 0. The molecule has 1 aliphatic rings. The molecule has 1 saturated carbocycles. The quantitative estimate of drug-likeness (QED) is 0.606. The molecule has 1 nitrogen and oxygen atoms in total. The fourth-order valence-electron chi connectivity index (χ4n) is 0.635. The molecule has 1 fully saturated rings. The summed E-state index contributed by atoms with van der Waals surface area (Å²) in [6.07, 6.45) is 6.00. The van der Waals surface area contributed by atoms with Crippen molar-refractivity contribution < 1.29 is 0 Å². The number of benzene rings is 1. The average Bonchev–Trinajstić information content (AvgIpc) is 1.88. The fourth-order valence-corrected chi connectivity index (χ4v) is 0.635. The van der Waals surface area contributed by atoms with E-state index >= 15 is 0 Å². The third-order valence-corrected chi connectivity index (χ3v) is 1.67. The molecule has 0 aromatic heterocycles. The maximum atomic E-state index is 2.00. The normalized spacial score (nSPS) is 13.1. The standard InChI is InChI=1S/C6H6.C4H8.H3N/c1-2-4-6-5-3-1;1-2-4-3-1;/h1-6H;1-4H2;1H3. The van der Waals surface area contributed by atoms with Crippen molar-refractivity contribution >= 4 is 0 Å². The lowest BCUT2D eigenvalue weighted by atomic mass is 10.0. The Morgan fingerprint density at radius 2 is 0.636 bits per heavy atom. The summed E-state index contributed by atoms with van der Waals surface area (Å²) in [7, 11) is 0. The van der Waals surface area contributed by atoms with E-state index in [4.69, 9.17) is 0 Å². The summed E-state index contributed by atoms with van der Waals surface area (Å²) >= 11 is 0. The molecule has 0 amide bonds. The minimum absolute atomic E-state index is 0. The molecule has 62 valence electrons. The van der Waals surface area contributed by atoms with Crippen LogP contribution in [-0.4, -0.2) is 0 Å². The summed E-state index contributed by atoms with van der Waals surface area (Å²) in [5, 5.41) is 0. The lowest BCUT2D eigenvalue weighted by Gasteiger charge is -2.05. The predicted octanol–water partition coefficient (Wildman–Crippen LogP) is 3.41. The van der Waals surface area contributed by atoms with E-state index in [1.165, 1.54) is 25.7 Å². The molecule has 11 heavy (non-hydrogen) atoms. The third kappa shape index (κ3) is 5.62. The molecule has 2 rings (SSSR count). The highest BCUT2D eigenvalue weighted by Gasteiger charge is 1.95. The summed E-state index contributed by atoms with van der Waals surface area (Å²) in [6, 6.07) is 12.0. The number of rotatable bonds is 0. The van der Waals surface area contributed by atoms with E-state index in [2.05, 4.69) is 0 Å². The molecule has 0 saturated heterocycles. The first-order valence-electron chi connectivity index (χ1n) is 4.00. The molecule has 0 radical (unpaired) electrons. The van der Waals surface area contributed by atoms with E-state index in [1.807, 2.05) is 36.4 Å². The average molecular weight is 151 g/mol. The Kier molecular flexibility index (Phi) is 6.75. The van der Waals surface area contributed by atoms with Gasteiger partial charge in [0.1, 0.15) is 0 Å². The zero-order valence-electron chi connectivity index (χ0n) is 7.00. The van der Waals surface area contributed by atoms with Crippen LogP contribution in [0.15, 0.2) is 36.4 Å². The molecule has 1 aromatic rings. The molecule has 0 atom stereocenters. The van der Waals surface area contributed by atoms with Crippen LogP contribution in [0.2, 0.25) is 0 Å². The van der Waals surface area contributed by atoms with Crippen molar-refractivity contribution in [1.82, 2.24) is 6.15 Å². The Bertz CT molecular complexity index is 114. The van der Waals surface area contributed by atoms with Gasteiger partial charge in [0.2, 0.25) is 0 Å². The predicted molar refractivity (Wildman–Crippen MR) is 49.9 cm³/mol. The zero-order valence-corrected chi connectivity index (χ0v) is 7.00. The highest BCUT2D eigenvalue weighted by molar-refractivity contribution is 4.99. The monoisotopic (exact) mass is 151 g/mol. The Labute approximate surface area is 69.0 Å². The highest BCUT2D eigenvalue weighted by Crippen LogP contribution is 2.15. The van der Waals surface area contributed by atoms with Gasteiger partial charge in [-0.3, -0.25) is 0 Å². The van der Waals surface area contributed by atoms with Crippen molar-refractivity contribution in [2.45, 2.75) is 25.7 Å². The molecule has 0 bridgehead atoms. The van der Waals surface area contributed by atoms with Crippen molar-refractivity contribution in [3.63, 3.8) is 0 Å². The molecule has 1 heteroatoms. The molecule has 0 unspecified atom stereocenters. The summed E-state index contributed by atoms with van der Waals surface area (Å²) in [4.78, 5) is 0. The smallest absolute Gasteiger partial charge is 0.0533 e. The van der Waals surface area contributed by atoms with Crippen molar-refractivity contribution in [1.29, 1.82) is 0 Å². The van der Waals surface area contributed by atoms with Crippen molar-refractivity contribution in [3.8, 4) is 0 Å². The summed E-state index contributed by atoms with van der Waals surface area (Å²) in [6.45, 7) is 0. The molecule has 0 heterocycles. The first kappa shape index (κ1) is 10.2. The third-order valence-electron chi connectivity index (χ3n) is 1.67. The maximum Gasteiger partial charge on any atom is -0.0533 e. The van der Waals surface area contributed by atoms with E-state index in [1.54, 1.807) is 0 Å². The van der Waals surface area contributed by atoms with E-state index in [-0.39, 0.29) is 6.15 Å². The van der Waals surface area contributed by atoms with Crippen LogP contribution in [0, 0.1) is 0 Å². The maximum absolute atomic E-state index is 2.00. The van der Waals surface area contributed by atoms with Gasteiger partial charge in [0.05, 0.1) is 0 Å².